The molecule has 4 heteroatoms. The highest BCUT2D eigenvalue weighted by Gasteiger charge is 2.25. The zero-order chi connectivity index (χ0) is 14.5. The van der Waals surface area contributed by atoms with Crippen LogP contribution in [0.5, 0.6) is 0 Å². The minimum atomic E-state index is -0.206. The molecule has 20 heavy (non-hydrogen) atoms. The first-order chi connectivity index (χ1) is 9.63. The Kier molecular flexibility index (Phi) is 4.62. The minimum absolute atomic E-state index is 0.176. The van der Waals surface area contributed by atoms with Gasteiger partial charge in [0.2, 0.25) is 5.91 Å². The molecule has 1 atom stereocenters. The Bertz CT molecular complexity index is 515. The highest BCUT2D eigenvalue weighted by molar-refractivity contribution is 5.85. The van der Waals surface area contributed by atoms with Crippen molar-refractivity contribution in [2.45, 2.75) is 32.2 Å². The Balaban J connectivity index is 2.09. The van der Waals surface area contributed by atoms with Gasteiger partial charge >= 0.3 is 0 Å². The molecule has 0 radical (unpaired) electrons. The number of hydrogen-bond acceptors (Lipinski definition) is 3. The number of carbonyl (C=O) groups is 1. The van der Waals surface area contributed by atoms with Gasteiger partial charge in [-0.2, -0.15) is 5.26 Å². The molecule has 1 aliphatic rings. The molecule has 1 amide bonds. The van der Waals surface area contributed by atoms with Crippen molar-refractivity contribution in [3.8, 4) is 6.07 Å². The molecule has 0 spiro atoms. The molecule has 0 aliphatic carbocycles. The molecule has 1 aliphatic heterocycles. The van der Waals surface area contributed by atoms with Crippen LogP contribution in [0, 0.1) is 11.3 Å². The van der Waals surface area contributed by atoms with Gasteiger partial charge in [0.25, 0.3) is 0 Å². The van der Waals surface area contributed by atoms with Gasteiger partial charge in [-0.1, -0.05) is 6.07 Å². The SMILES string of the molecule is CC(C(=O)N1CCCCC1)N(C)c1cccc(C#N)c1. The molecule has 1 unspecified atom stereocenters. The van der Waals surface area contributed by atoms with Crippen molar-refractivity contribution in [2.24, 2.45) is 0 Å². The maximum absolute atomic E-state index is 12.5. The summed E-state index contributed by atoms with van der Waals surface area (Å²) in [6.45, 7) is 3.67. The quantitative estimate of drug-likeness (QED) is 0.848. The number of likely N-dealkylation sites (N-methyl/N-ethyl adjacent to an activating group) is 1. The molecule has 0 saturated carbocycles. The van der Waals surface area contributed by atoms with Crippen LogP contribution in [0.2, 0.25) is 0 Å². The van der Waals surface area contributed by atoms with Crippen molar-refractivity contribution in [2.75, 3.05) is 25.0 Å². The number of rotatable bonds is 3. The summed E-state index contributed by atoms with van der Waals surface area (Å²) < 4.78 is 0. The van der Waals surface area contributed by atoms with Crippen molar-refractivity contribution in [3.05, 3.63) is 29.8 Å². The lowest BCUT2D eigenvalue weighted by atomic mass is 10.1. The number of carbonyl (C=O) groups excluding carboxylic acids is 1. The molecule has 0 N–H and O–H groups in total. The van der Waals surface area contributed by atoms with Crippen LogP contribution in [0.4, 0.5) is 5.69 Å². The van der Waals surface area contributed by atoms with Crippen LogP contribution in [0.1, 0.15) is 31.7 Å². The van der Waals surface area contributed by atoms with E-state index in [1.807, 2.05) is 42.0 Å². The summed E-state index contributed by atoms with van der Waals surface area (Å²) in [4.78, 5) is 16.4. The number of benzene rings is 1. The molecule has 2 rings (SSSR count). The number of amides is 1. The standard InChI is InChI=1S/C16H21N3O/c1-13(16(20)19-9-4-3-5-10-19)18(2)15-8-6-7-14(11-15)12-17/h6-8,11,13H,3-5,9-10H2,1-2H3. The second-order valence-corrected chi connectivity index (χ2v) is 5.33. The fourth-order valence-corrected chi connectivity index (χ4v) is 2.56. The van der Waals surface area contributed by atoms with Gasteiger partial charge in [0.15, 0.2) is 0 Å². The lowest BCUT2D eigenvalue weighted by Crippen LogP contribution is -2.47. The zero-order valence-electron chi connectivity index (χ0n) is 12.2. The smallest absolute Gasteiger partial charge is 0.244 e. The summed E-state index contributed by atoms with van der Waals surface area (Å²) in [7, 11) is 1.91. The molecule has 1 aromatic carbocycles. The Morgan fingerprint density at radius 2 is 2.05 bits per heavy atom. The Morgan fingerprint density at radius 1 is 1.35 bits per heavy atom. The summed E-state index contributed by atoms with van der Waals surface area (Å²) in [5.74, 6) is 0.176. The number of nitrogens with zero attached hydrogens (tertiary/aromatic N) is 3. The van der Waals surface area contributed by atoms with Gasteiger partial charge in [-0.15, -0.1) is 0 Å². The summed E-state index contributed by atoms with van der Waals surface area (Å²) in [6, 6.07) is 9.30. The first kappa shape index (κ1) is 14.4. The average Bonchev–Trinajstić information content (AvgIpc) is 2.53. The molecule has 1 aromatic rings. The van der Waals surface area contributed by atoms with Gasteiger partial charge in [-0.25, -0.2) is 0 Å². The fourth-order valence-electron chi connectivity index (χ4n) is 2.56. The third kappa shape index (κ3) is 3.11. The van der Waals surface area contributed by atoms with Crippen LogP contribution in [-0.2, 0) is 4.79 Å². The maximum atomic E-state index is 12.5. The number of anilines is 1. The second kappa shape index (κ2) is 6.42. The van der Waals surface area contributed by atoms with Crippen LogP contribution >= 0.6 is 0 Å². The van der Waals surface area contributed by atoms with Crippen molar-refractivity contribution < 1.29 is 4.79 Å². The van der Waals surface area contributed by atoms with Crippen LogP contribution in [0.25, 0.3) is 0 Å². The molecular formula is C16H21N3O. The summed E-state index contributed by atoms with van der Waals surface area (Å²) >= 11 is 0. The fraction of sp³-hybridized carbons (Fsp3) is 0.500. The van der Waals surface area contributed by atoms with Gasteiger partial charge in [0, 0.05) is 25.8 Å². The normalized spacial score (nSPS) is 16.4. The van der Waals surface area contributed by atoms with E-state index in [4.69, 9.17) is 5.26 Å². The second-order valence-electron chi connectivity index (χ2n) is 5.33. The van der Waals surface area contributed by atoms with E-state index in [1.165, 1.54) is 6.42 Å². The third-order valence-corrected chi connectivity index (χ3v) is 3.99. The number of nitriles is 1. The lowest BCUT2D eigenvalue weighted by molar-refractivity contribution is -0.133. The van der Waals surface area contributed by atoms with E-state index in [0.717, 1.165) is 31.6 Å². The predicted molar refractivity (Wildman–Crippen MR) is 79.5 cm³/mol. The van der Waals surface area contributed by atoms with Crippen molar-refractivity contribution in [1.82, 2.24) is 4.90 Å². The number of hydrogen-bond donors (Lipinski definition) is 0. The highest BCUT2D eigenvalue weighted by atomic mass is 16.2. The molecule has 1 saturated heterocycles. The first-order valence-electron chi connectivity index (χ1n) is 7.15. The van der Waals surface area contributed by atoms with E-state index in [0.29, 0.717) is 5.56 Å². The van der Waals surface area contributed by atoms with Gasteiger partial charge in [-0.05, 0) is 44.4 Å². The minimum Gasteiger partial charge on any atom is -0.363 e. The van der Waals surface area contributed by atoms with E-state index in [-0.39, 0.29) is 11.9 Å². The molecular weight excluding hydrogens is 250 g/mol. The van der Waals surface area contributed by atoms with E-state index < -0.39 is 0 Å². The van der Waals surface area contributed by atoms with Crippen LogP contribution in [0.3, 0.4) is 0 Å². The van der Waals surface area contributed by atoms with Crippen LogP contribution in [-0.4, -0.2) is 37.0 Å². The predicted octanol–water partition coefficient (Wildman–Crippen LogP) is 2.40. The Morgan fingerprint density at radius 3 is 2.70 bits per heavy atom. The molecule has 106 valence electrons. The summed E-state index contributed by atoms with van der Waals surface area (Å²) in [6.07, 6.45) is 3.43. The molecule has 4 nitrogen and oxygen atoms in total. The Labute approximate surface area is 120 Å². The molecule has 0 aromatic heterocycles. The highest BCUT2D eigenvalue weighted by Crippen LogP contribution is 2.19. The Hall–Kier alpha value is -2.02. The topological polar surface area (TPSA) is 47.3 Å². The van der Waals surface area contributed by atoms with Crippen LogP contribution < -0.4 is 4.90 Å². The third-order valence-electron chi connectivity index (χ3n) is 3.99. The van der Waals surface area contributed by atoms with E-state index in [1.54, 1.807) is 6.07 Å². The average molecular weight is 271 g/mol. The van der Waals surface area contributed by atoms with Crippen LogP contribution in [0.15, 0.2) is 24.3 Å². The van der Waals surface area contributed by atoms with Gasteiger partial charge in [0.05, 0.1) is 11.6 Å². The van der Waals surface area contributed by atoms with E-state index >= 15 is 0 Å². The van der Waals surface area contributed by atoms with Crippen molar-refractivity contribution in [3.63, 3.8) is 0 Å². The molecule has 1 heterocycles. The number of likely N-dealkylation sites (tertiary alicyclic amines) is 1. The maximum Gasteiger partial charge on any atom is 0.244 e. The van der Waals surface area contributed by atoms with Gasteiger partial charge in [0.1, 0.15) is 6.04 Å². The van der Waals surface area contributed by atoms with Crippen molar-refractivity contribution in [1.29, 1.82) is 5.26 Å². The summed E-state index contributed by atoms with van der Waals surface area (Å²) in [5.41, 5.74) is 1.52. The van der Waals surface area contributed by atoms with E-state index in [9.17, 15) is 4.79 Å². The van der Waals surface area contributed by atoms with Gasteiger partial charge < -0.3 is 9.80 Å². The first-order valence-corrected chi connectivity index (χ1v) is 7.15. The monoisotopic (exact) mass is 271 g/mol. The van der Waals surface area contributed by atoms with Crippen molar-refractivity contribution >= 4 is 11.6 Å². The molecule has 1 fully saturated rings. The lowest BCUT2D eigenvalue weighted by Gasteiger charge is -2.33. The zero-order valence-corrected chi connectivity index (χ0v) is 12.2. The largest absolute Gasteiger partial charge is 0.363 e. The number of piperidine rings is 1. The van der Waals surface area contributed by atoms with Gasteiger partial charge in [-0.3, -0.25) is 4.79 Å². The molecule has 0 bridgehead atoms. The summed E-state index contributed by atoms with van der Waals surface area (Å²) in [5, 5.41) is 8.95. The van der Waals surface area contributed by atoms with E-state index in [2.05, 4.69) is 6.07 Å².